The number of alkyl halides is 3. The van der Waals surface area contributed by atoms with Crippen LogP contribution in [-0.2, 0) is 13.2 Å². The zero-order chi connectivity index (χ0) is 25.2. The van der Waals surface area contributed by atoms with Gasteiger partial charge < -0.3 is 15.8 Å². The fraction of sp³-hybridized carbons (Fsp3) is 0.174. The largest absolute Gasteiger partial charge is 0.492 e. The molecule has 0 fully saturated rings. The van der Waals surface area contributed by atoms with Gasteiger partial charge in [0.2, 0.25) is 0 Å². The highest BCUT2D eigenvalue weighted by Crippen LogP contribution is 2.35. The lowest BCUT2D eigenvalue weighted by atomic mass is 10.1. The number of hydrogen-bond donors (Lipinski definition) is 2. The lowest BCUT2D eigenvalue weighted by molar-refractivity contribution is -0.143. The van der Waals surface area contributed by atoms with E-state index in [1.54, 1.807) is 36.1 Å². The molecule has 4 aromatic rings. The van der Waals surface area contributed by atoms with E-state index < -0.39 is 23.3 Å². The van der Waals surface area contributed by atoms with Crippen LogP contribution in [0.1, 0.15) is 16.1 Å². The van der Waals surface area contributed by atoms with E-state index in [-0.39, 0.29) is 18.0 Å². The number of halogens is 4. The van der Waals surface area contributed by atoms with Gasteiger partial charge in [-0.15, -0.1) is 0 Å². The van der Waals surface area contributed by atoms with E-state index in [0.29, 0.717) is 33.3 Å². The topological polar surface area (TPSA) is 100.0 Å². The fourth-order valence-electron chi connectivity index (χ4n) is 3.50. The highest BCUT2D eigenvalue weighted by atomic mass is 35.5. The van der Waals surface area contributed by atoms with E-state index >= 15 is 0 Å². The number of nitrogens with one attached hydrogen (secondary N) is 1. The van der Waals surface area contributed by atoms with E-state index in [4.69, 9.17) is 22.1 Å². The van der Waals surface area contributed by atoms with Crippen molar-refractivity contribution in [2.45, 2.75) is 6.18 Å². The number of benzene rings is 2. The van der Waals surface area contributed by atoms with Crippen LogP contribution in [0.3, 0.4) is 0 Å². The Kier molecular flexibility index (Phi) is 6.81. The summed E-state index contributed by atoms with van der Waals surface area (Å²) in [6.07, 6.45) is -2.37. The molecule has 0 saturated carbocycles. The molecule has 1 amide bonds. The zero-order valence-corrected chi connectivity index (χ0v) is 19.1. The molecule has 8 nitrogen and oxygen atoms in total. The molecule has 0 aliphatic heterocycles. The molecule has 4 rings (SSSR count). The van der Waals surface area contributed by atoms with Crippen molar-refractivity contribution < 1.29 is 22.7 Å². The second-order valence-corrected chi connectivity index (χ2v) is 7.87. The van der Waals surface area contributed by atoms with E-state index in [0.717, 1.165) is 6.20 Å². The molecule has 0 spiro atoms. The van der Waals surface area contributed by atoms with Gasteiger partial charge in [-0.2, -0.15) is 23.4 Å². The maximum absolute atomic E-state index is 14.0. The Morgan fingerprint density at radius 3 is 2.51 bits per heavy atom. The minimum absolute atomic E-state index is 0.112. The van der Waals surface area contributed by atoms with E-state index in [1.165, 1.54) is 30.3 Å². The summed E-state index contributed by atoms with van der Waals surface area (Å²) in [7, 11) is 1.73. The number of aryl methyl sites for hydroxylation is 1. The third-order valence-corrected chi connectivity index (χ3v) is 5.32. The van der Waals surface area contributed by atoms with E-state index in [9.17, 15) is 18.0 Å². The molecule has 0 radical (unpaired) electrons. The first kappa shape index (κ1) is 24.3. The number of nitrogens with two attached hydrogens (primary N) is 1. The summed E-state index contributed by atoms with van der Waals surface area (Å²) in [5.74, 6) is -0.479. The first-order valence-electron chi connectivity index (χ1n) is 10.4. The molecule has 0 bridgehead atoms. The molecule has 0 aliphatic carbocycles. The Labute approximate surface area is 203 Å². The van der Waals surface area contributed by atoms with Gasteiger partial charge in [-0.3, -0.25) is 9.48 Å². The summed E-state index contributed by atoms with van der Waals surface area (Å²) < 4.78 is 49.9. The molecular weight excluding hydrogens is 485 g/mol. The molecule has 0 saturated heterocycles. The van der Waals surface area contributed by atoms with Gasteiger partial charge in [0.1, 0.15) is 12.4 Å². The van der Waals surface area contributed by atoms with Gasteiger partial charge in [-0.05, 0) is 48.5 Å². The maximum atomic E-state index is 14.0. The zero-order valence-electron chi connectivity index (χ0n) is 18.4. The van der Waals surface area contributed by atoms with Gasteiger partial charge in [0.05, 0.1) is 23.1 Å². The minimum Gasteiger partial charge on any atom is -0.492 e. The number of aromatic nitrogens is 4. The van der Waals surface area contributed by atoms with Crippen LogP contribution in [0.2, 0.25) is 5.02 Å². The quantitative estimate of drug-likeness (QED) is 0.385. The molecule has 2 aromatic heterocycles. The smallest absolute Gasteiger partial charge is 0.434 e. The fourth-order valence-corrected chi connectivity index (χ4v) is 3.63. The molecule has 2 aromatic carbocycles. The van der Waals surface area contributed by atoms with Crippen LogP contribution in [0.4, 0.5) is 18.9 Å². The number of carbonyl (C=O) groups is 1. The molecule has 12 heteroatoms. The van der Waals surface area contributed by atoms with Crippen molar-refractivity contribution >= 4 is 23.2 Å². The second kappa shape index (κ2) is 9.80. The SMILES string of the molecule is Cn1nccc1-c1cc(NC(=O)c2cnn(-c3ccc(Cl)cc3)c2C(F)(F)F)ccc1OCCN. The molecule has 182 valence electrons. The number of carbonyl (C=O) groups excluding carboxylic acids is 1. The van der Waals surface area contributed by atoms with Crippen LogP contribution in [0.5, 0.6) is 5.75 Å². The van der Waals surface area contributed by atoms with Crippen molar-refractivity contribution in [1.82, 2.24) is 19.6 Å². The monoisotopic (exact) mass is 504 g/mol. The summed E-state index contributed by atoms with van der Waals surface area (Å²) >= 11 is 5.84. The van der Waals surface area contributed by atoms with E-state index in [2.05, 4.69) is 15.5 Å². The Hall–Kier alpha value is -3.83. The number of hydrogen-bond acceptors (Lipinski definition) is 5. The maximum Gasteiger partial charge on any atom is 0.434 e. The number of anilines is 1. The lowest BCUT2D eigenvalue weighted by Crippen LogP contribution is -2.20. The van der Waals surface area contributed by atoms with Crippen molar-refractivity contribution in [2.24, 2.45) is 12.8 Å². The molecule has 35 heavy (non-hydrogen) atoms. The van der Waals surface area contributed by atoms with Gasteiger partial charge in [0, 0.05) is 36.1 Å². The van der Waals surface area contributed by atoms with Crippen molar-refractivity contribution in [1.29, 1.82) is 0 Å². The highest BCUT2D eigenvalue weighted by molar-refractivity contribution is 6.30. The van der Waals surface area contributed by atoms with Crippen LogP contribution in [0, 0.1) is 0 Å². The van der Waals surface area contributed by atoms with E-state index in [1.807, 2.05) is 0 Å². The molecule has 0 aliphatic rings. The minimum atomic E-state index is -4.84. The molecule has 0 unspecified atom stereocenters. The van der Waals surface area contributed by atoms with Crippen molar-refractivity contribution in [3.63, 3.8) is 0 Å². The van der Waals surface area contributed by atoms with Gasteiger partial charge in [0.25, 0.3) is 5.91 Å². The third kappa shape index (κ3) is 5.15. The number of ether oxygens (including phenoxy) is 1. The Morgan fingerprint density at radius 1 is 1.14 bits per heavy atom. The van der Waals surface area contributed by atoms with Crippen molar-refractivity contribution in [3.05, 3.63) is 77.2 Å². The molecule has 2 heterocycles. The molecule has 3 N–H and O–H groups in total. The lowest BCUT2D eigenvalue weighted by Gasteiger charge is -2.15. The van der Waals surface area contributed by atoms with Gasteiger partial charge in [-0.1, -0.05) is 11.6 Å². The van der Waals surface area contributed by atoms with Crippen LogP contribution in [0.25, 0.3) is 16.9 Å². The van der Waals surface area contributed by atoms with Gasteiger partial charge in [0.15, 0.2) is 5.69 Å². The normalized spacial score (nSPS) is 11.5. The van der Waals surface area contributed by atoms with Crippen LogP contribution in [-0.4, -0.2) is 38.6 Å². The summed E-state index contributed by atoms with van der Waals surface area (Å²) in [5, 5.41) is 10.8. The second-order valence-electron chi connectivity index (χ2n) is 7.44. The number of rotatable bonds is 7. The Balaban J connectivity index is 1.70. The summed E-state index contributed by atoms with van der Waals surface area (Å²) in [5.41, 5.74) is 5.34. The summed E-state index contributed by atoms with van der Waals surface area (Å²) in [6, 6.07) is 12.1. The average Bonchev–Trinajstić information content (AvgIpc) is 3.45. The van der Waals surface area contributed by atoms with Crippen LogP contribution >= 0.6 is 11.6 Å². The standard InChI is InChI=1S/C23H20ClF3N6O2/c1-32-19(8-10-29-32)17-12-15(4-7-20(17)35-11-9-28)31-22(34)18-13-30-33(21(18)23(25,26)27)16-5-2-14(24)3-6-16/h2-8,10,12-13H,9,11,28H2,1H3,(H,31,34). The van der Waals surface area contributed by atoms with Crippen LogP contribution < -0.4 is 15.8 Å². The molecular formula is C23H20ClF3N6O2. The Bertz CT molecular complexity index is 1350. The first-order valence-corrected chi connectivity index (χ1v) is 10.7. The van der Waals surface area contributed by atoms with Gasteiger partial charge >= 0.3 is 6.18 Å². The van der Waals surface area contributed by atoms with Gasteiger partial charge in [-0.25, -0.2) is 4.68 Å². The summed E-state index contributed by atoms with van der Waals surface area (Å²) in [4.78, 5) is 13.0. The number of nitrogens with zero attached hydrogens (tertiary/aromatic N) is 4. The number of amides is 1. The van der Waals surface area contributed by atoms with Crippen molar-refractivity contribution in [2.75, 3.05) is 18.5 Å². The molecule has 0 atom stereocenters. The highest BCUT2D eigenvalue weighted by Gasteiger charge is 2.40. The van der Waals surface area contributed by atoms with Crippen LogP contribution in [0.15, 0.2) is 60.9 Å². The van der Waals surface area contributed by atoms with Crippen molar-refractivity contribution in [3.8, 4) is 22.7 Å². The first-order chi connectivity index (χ1) is 16.7. The third-order valence-electron chi connectivity index (χ3n) is 5.06. The average molecular weight is 505 g/mol. The predicted molar refractivity (Wildman–Crippen MR) is 125 cm³/mol. The summed E-state index contributed by atoms with van der Waals surface area (Å²) in [6.45, 7) is 0.552. The predicted octanol–water partition coefficient (Wildman–Crippen LogP) is 4.53. The Morgan fingerprint density at radius 2 is 1.89 bits per heavy atom.